The molecule has 5 fully saturated rings. The number of amides is 1. The summed E-state index contributed by atoms with van der Waals surface area (Å²) in [5.41, 5.74) is -2.63. The van der Waals surface area contributed by atoms with Crippen molar-refractivity contribution in [3.05, 3.63) is 72.1 Å². The van der Waals surface area contributed by atoms with Crippen LogP contribution in [0.4, 0.5) is 32.3 Å². The van der Waals surface area contributed by atoms with Gasteiger partial charge in [0.15, 0.2) is 11.5 Å². The van der Waals surface area contributed by atoms with Crippen molar-refractivity contribution in [1.82, 2.24) is 24.8 Å². The van der Waals surface area contributed by atoms with E-state index in [9.17, 15) is 41.0 Å². The van der Waals surface area contributed by atoms with Crippen molar-refractivity contribution in [2.24, 2.45) is 23.7 Å². The number of rotatable bonds is 8. The summed E-state index contributed by atoms with van der Waals surface area (Å²) in [7, 11) is 0. The number of nitrogens with one attached hydrogen (secondary N) is 1. The van der Waals surface area contributed by atoms with E-state index in [1.807, 2.05) is 4.90 Å². The van der Waals surface area contributed by atoms with Crippen LogP contribution in [0.2, 0.25) is 0 Å². The molecule has 6 aliphatic rings. The van der Waals surface area contributed by atoms with Gasteiger partial charge in [0.25, 0.3) is 11.8 Å². The number of pyridine rings is 1. The van der Waals surface area contributed by atoms with Crippen molar-refractivity contribution in [2.75, 3.05) is 18.0 Å². The summed E-state index contributed by atoms with van der Waals surface area (Å²) in [6, 6.07) is 7.45. The van der Waals surface area contributed by atoms with Crippen LogP contribution in [0.3, 0.4) is 0 Å². The number of benzene rings is 1. The first-order valence-corrected chi connectivity index (χ1v) is 19.4. The number of nitrogens with zero attached hydrogens (tertiary/aromatic N) is 5. The van der Waals surface area contributed by atoms with Crippen LogP contribution in [-0.2, 0) is 11.0 Å². The third kappa shape index (κ3) is 6.77. The Morgan fingerprint density at radius 1 is 0.947 bits per heavy atom. The Balaban J connectivity index is 1.03. The number of allylic oxidation sites excluding steroid dienone is 2. The van der Waals surface area contributed by atoms with Crippen LogP contribution in [-0.4, -0.2) is 67.2 Å². The molecule has 2 N–H and O–H groups in total. The molecule has 1 saturated heterocycles. The minimum atomic E-state index is -5.07. The minimum absolute atomic E-state index is 0.0143. The van der Waals surface area contributed by atoms with Crippen LogP contribution < -0.4 is 15.0 Å². The lowest BCUT2D eigenvalue weighted by Crippen LogP contribution is -2.70. The molecule has 57 heavy (non-hydrogen) atoms. The standard InChI is InChI=1S/C41H40F6N6O4/c42-26-19-48-38(49-20-26)52-11-7-28(8-12-52)57-29-1-2-30-32(21-53(34(30)18-29)27-5-9-39(43,44)10-6-27)33-4-3-31(35(50-33)41(45,46)47)36(54)51-40(37(55)56)24-14-22-13-23(16-24)17-25(40)15-22/h1-5,18-25,28H,6-17H2,(H,51,54)(H,55,56). The van der Waals surface area contributed by atoms with Crippen LogP contribution in [0.25, 0.3) is 27.9 Å². The highest BCUT2D eigenvalue weighted by atomic mass is 19.4. The van der Waals surface area contributed by atoms with Crippen LogP contribution in [0.1, 0.15) is 80.3 Å². The molecule has 1 amide bonds. The molecule has 0 spiro atoms. The fourth-order valence-corrected chi connectivity index (χ4v) is 10.4. The third-order valence-electron chi connectivity index (χ3n) is 12.9. The smallest absolute Gasteiger partial charge is 0.434 e. The van der Waals surface area contributed by atoms with Gasteiger partial charge < -0.3 is 24.6 Å². The molecule has 0 radical (unpaired) electrons. The molecule has 10 rings (SSSR count). The molecule has 0 unspecified atom stereocenters. The molecule has 300 valence electrons. The van der Waals surface area contributed by atoms with Gasteiger partial charge in [0.2, 0.25) is 5.95 Å². The van der Waals surface area contributed by atoms with Crippen molar-refractivity contribution < 1.29 is 45.8 Å². The summed E-state index contributed by atoms with van der Waals surface area (Å²) in [4.78, 5) is 40.7. The number of piperidine rings is 1. The number of carboxylic acids is 1. The normalized spacial score (nSPS) is 27.1. The summed E-state index contributed by atoms with van der Waals surface area (Å²) in [5.74, 6) is -4.90. The molecule has 1 aliphatic heterocycles. The predicted octanol–water partition coefficient (Wildman–Crippen LogP) is 8.37. The summed E-state index contributed by atoms with van der Waals surface area (Å²) in [6.45, 7) is 1.11. The summed E-state index contributed by atoms with van der Waals surface area (Å²) >= 11 is 0. The molecule has 4 aromatic rings. The average molecular weight is 795 g/mol. The van der Waals surface area contributed by atoms with Gasteiger partial charge in [0.05, 0.1) is 29.2 Å². The van der Waals surface area contributed by atoms with Gasteiger partial charge in [-0.3, -0.25) is 4.79 Å². The second kappa shape index (κ2) is 13.8. The maximum absolute atomic E-state index is 14.8. The lowest BCUT2D eigenvalue weighted by Gasteiger charge is -2.59. The number of carboxylic acid groups (broad SMARTS) is 1. The van der Waals surface area contributed by atoms with E-state index >= 15 is 0 Å². The van der Waals surface area contributed by atoms with E-state index in [0.29, 0.717) is 91.7 Å². The summed E-state index contributed by atoms with van der Waals surface area (Å²) in [6.07, 6.45) is 3.72. The first-order chi connectivity index (χ1) is 27.2. The Morgan fingerprint density at radius 2 is 1.63 bits per heavy atom. The van der Waals surface area contributed by atoms with Crippen LogP contribution in [0.5, 0.6) is 5.75 Å². The quantitative estimate of drug-likeness (QED) is 0.171. The topological polar surface area (TPSA) is 122 Å². The van der Waals surface area contributed by atoms with E-state index < -0.39 is 59.4 Å². The third-order valence-corrected chi connectivity index (χ3v) is 12.9. The van der Waals surface area contributed by atoms with E-state index in [0.717, 1.165) is 24.9 Å². The van der Waals surface area contributed by atoms with Crippen molar-refractivity contribution in [1.29, 1.82) is 0 Å². The van der Waals surface area contributed by atoms with Gasteiger partial charge in [0, 0.05) is 67.7 Å². The van der Waals surface area contributed by atoms with E-state index in [4.69, 9.17) is 4.74 Å². The largest absolute Gasteiger partial charge is 0.490 e. The van der Waals surface area contributed by atoms with Gasteiger partial charge in [-0.25, -0.2) is 32.9 Å². The highest BCUT2D eigenvalue weighted by molar-refractivity contribution is 6.01. The van der Waals surface area contributed by atoms with Crippen molar-refractivity contribution >= 4 is 34.4 Å². The summed E-state index contributed by atoms with van der Waals surface area (Å²) < 4.78 is 94.3. The van der Waals surface area contributed by atoms with E-state index in [-0.39, 0.29) is 35.6 Å². The Morgan fingerprint density at radius 3 is 2.25 bits per heavy atom. The molecule has 4 heterocycles. The van der Waals surface area contributed by atoms with Gasteiger partial charge in [-0.15, -0.1) is 0 Å². The van der Waals surface area contributed by atoms with E-state index in [2.05, 4.69) is 20.3 Å². The fraction of sp³-hybridized carbons (Fsp3) is 0.488. The first kappa shape index (κ1) is 37.4. The van der Waals surface area contributed by atoms with E-state index in [1.165, 1.54) is 12.1 Å². The molecule has 3 aromatic heterocycles. The zero-order chi connectivity index (χ0) is 39.9. The SMILES string of the molecule is O=C(NC1(C(=O)O)C2CC3CC(C2)CC1C3)c1ccc(-c2cn(C3=CCC(F)(F)CC3)c3cc(OC4CCN(c5ncc(F)cn5)CC4)ccc23)nc1C(F)(F)F. The monoisotopic (exact) mass is 794 g/mol. The molecule has 0 atom stereocenters. The van der Waals surface area contributed by atoms with Crippen LogP contribution >= 0.6 is 0 Å². The Bertz CT molecular complexity index is 2240. The number of aromatic nitrogens is 4. The van der Waals surface area contributed by atoms with Gasteiger partial charge in [-0.1, -0.05) is 6.08 Å². The second-order valence-corrected chi connectivity index (χ2v) is 16.4. The van der Waals surface area contributed by atoms with Gasteiger partial charge in [-0.2, -0.15) is 13.2 Å². The first-order valence-electron chi connectivity index (χ1n) is 19.4. The fourth-order valence-electron chi connectivity index (χ4n) is 10.4. The number of carbonyl (C=O) groups excluding carboxylic acids is 1. The zero-order valence-corrected chi connectivity index (χ0v) is 30.7. The number of aliphatic carboxylic acids is 1. The molecule has 1 aromatic carbocycles. The van der Waals surface area contributed by atoms with Gasteiger partial charge >= 0.3 is 12.1 Å². The molecule has 5 aliphatic carbocycles. The maximum Gasteiger partial charge on any atom is 0.434 e. The predicted molar refractivity (Wildman–Crippen MR) is 196 cm³/mol. The average Bonchev–Trinajstić information content (AvgIpc) is 3.54. The number of anilines is 1. The number of alkyl halides is 5. The molecule has 4 saturated carbocycles. The van der Waals surface area contributed by atoms with Gasteiger partial charge in [-0.05, 0) is 86.5 Å². The molecular formula is C41H40F6N6O4. The Labute approximate surface area is 323 Å². The number of hydrogen-bond acceptors (Lipinski definition) is 7. The Hall–Kier alpha value is -5.15. The number of ether oxygens (including phenoxy) is 1. The lowest BCUT2D eigenvalue weighted by molar-refractivity contribution is -0.163. The van der Waals surface area contributed by atoms with Crippen LogP contribution in [0.15, 0.2) is 55.0 Å². The Kier molecular flexibility index (Phi) is 9.03. The van der Waals surface area contributed by atoms with Crippen molar-refractivity contribution in [3.63, 3.8) is 0 Å². The molecular weight excluding hydrogens is 754 g/mol. The number of halogens is 6. The number of hydrogen-bond donors (Lipinski definition) is 2. The summed E-state index contributed by atoms with van der Waals surface area (Å²) in [5, 5.41) is 13.6. The lowest BCUT2D eigenvalue weighted by atomic mass is 9.48. The number of fused-ring (bicyclic) bond motifs is 1. The molecule has 10 nitrogen and oxygen atoms in total. The number of carbonyl (C=O) groups is 2. The van der Waals surface area contributed by atoms with E-state index in [1.54, 1.807) is 29.0 Å². The van der Waals surface area contributed by atoms with Crippen molar-refractivity contribution in [2.45, 2.75) is 87.9 Å². The second-order valence-electron chi connectivity index (χ2n) is 16.4. The molecule has 16 heteroatoms. The van der Waals surface area contributed by atoms with Crippen molar-refractivity contribution in [3.8, 4) is 17.0 Å². The zero-order valence-electron chi connectivity index (χ0n) is 30.7. The maximum atomic E-state index is 14.8. The molecule has 4 bridgehead atoms. The minimum Gasteiger partial charge on any atom is -0.490 e. The highest BCUT2D eigenvalue weighted by Crippen LogP contribution is 2.58. The van der Waals surface area contributed by atoms with Gasteiger partial charge in [0.1, 0.15) is 17.4 Å². The van der Waals surface area contributed by atoms with Crippen LogP contribution in [0, 0.1) is 29.5 Å². The highest BCUT2D eigenvalue weighted by Gasteiger charge is 2.62.